The lowest BCUT2D eigenvalue weighted by molar-refractivity contribution is -0.138. The third-order valence-electron chi connectivity index (χ3n) is 2.39. The molecule has 0 unspecified atom stereocenters. The monoisotopic (exact) mass is 204 g/mol. The van der Waals surface area contributed by atoms with Gasteiger partial charge in [-0.15, -0.1) is 0 Å². The molecule has 0 radical (unpaired) electrons. The number of aliphatic carboxylic acids is 1. The van der Waals surface area contributed by atoms with E-state index in [0.717, 1.165) is 16.5 Å². The van der Waals surface area contributed by atoms with E-state index in [4.69, 9.17) is 10.8 Å². The molecule has 0 amide bonds. The van der Waals surface area contributed by atoms with Crippen molar-refractivity contribution in [1.82, 2.24) is 4.98 Å². The van der Waals surface area contributed by atoms with E-state index in [1.165, 1.54) is 0 Å². The number of fused-ring (bicyclic) bond motifs is 1. The van der Waals surface area contributed by atoms with Gasteiger partial charge in [0.25, 0.3) is 0 Å². The van der Waals surface area contributed by atoms with Crippen molar-refractivity contribution in [3.8, 4) is 0 Å². The molecule has 0 aliphatic carbocycles. The molecular formula is C11H12N2O2. The van der Waals surface area contributed by atoms with Crippen LogP contribution in [-0.4, -0.2) is 22.1 Å². The van der Waals surface area contributed by atoms with Gasteiger partial charge in [-0.05, 0) is 29.5 Å². The van der Waals surface area contributed by atoms with Gasteiger partial charge in [-0.2, -0.15) is 0 Å². The molecule has 1 aromatic carbocycles. The minimum Gasteiger partial charge on any atom is -0.480 e. The molecule has 2 rings (SSSR count). The second-order valence-electron chi connectivity index (χ2n) is 3.55. The van der Waals surface area contributed by atoms with Gasteiger partial charge < -0.3 is 15.8 Å². The molecule has 1 heterocycles. The van der Waals surface area contributed by atoms with E-state index in [1.54, 1.807) is 0 Å². The second-order valence-corrected chi connectivity index (χ2v) is 3.55. The zero-order chi connectivity index (χ0) is 10.8. The summed E-state index contributed by atoms with van der Waals surface area (Å²) in [7, 11) is 0. The molecule has 2 aromatic rings. The zero-order valence-electron chi connectivity index (χ0n) is 8.10. The Bertz CT molecular complexity index is 490. The summed E-state index contributed by atoms with van der Waals surface area (Å²) in [6, 6.07) is 6.92. The number of hydrogen-bond acceptors (Lipinski definition) is 2. The summed E-state index contributed by atoms with van der Waals surface area (Å²) < 4.78 is 0. The number of carboxylic acids is 1. The summed E-state index contributed by atoms with van der Waals surface area (Å²) in [5, 5.41) is 9.80. The van der Waals surface area contributed by atoms with Gasteiger partial charge in [0.1, 0.15) is 6.04 Å². The van der Waals surface area contributed by atoms with E-state index >= 15 is 0 Å². The van der Waals surface area contributed by atoms with Crippen LogP contribution >= 0.6 is 0 Å². The van der Waals surface area contributed by atoms with Crippen LogP contribution in [0, 0.1) is 0 Å². The van der Waals surface area contributed by atoms with Crippen LogP contribution in [0.25, 0.3) is 10.9 Å². The number of nitrogens with one attached hydrogen (secondary N) is 1. The molecule has 0 fully saturated rings. The van der Waals surface area contributed by atoms with Gasteiger partial charge in [-0.3, -0.25) is 4.79 Å². The summed E-state index contributed by atoms with van der Waals surface area (Å²) in [5.74, 6) is -0.971. The van der Waals surface area contributed by atoms with Crippen molar-refractivity contribution in [3.63, 3.8) is 0 Å². The van der Waals surface area contributed by atoms with Crippen LogP contribution in [-0.2, 0) is 11.2 Å². The van der Waals surface area contributed by atoms with Crippen LogP contribution < -0.4 is 5.73 Å². The van der Waals surface area contributed by atoms with Gasteiger partial charge >= 0.3 is 5.97 Å². The smallest absolute Gasteiger partial charge is 0.320 e. The molecule has 4 N–H and O–H groups in total. The first-order chi connectivity index (χ1) is 7.16. The number of rotatable bonds is 3. The highest BCUT2D eigenvalue weighted by Gasteiger charge is 2.12. The van der Waals surface area contributed by atoms with Gasteiger partial charge in [-0.1, -0.05) is 12.1 Å². The largest absolute Gasteiger partial charge is 0.480 e. The fraction of sp³-hybridized carbons (Fsp3) is 0.182. The highest BCUT2D eigenvalue weighted by Crippen LogP contribution is 2.14. The molecule has 0 bridgehead atoms. The molecule has 0 aliphatic heterocycles. The van der Waals surface area contributed by atoms with Gasteiger partial charge in [0.05, 0.1) is 0 Å². The van der Waals surface area contributed by atoms with E-state index < -0.39 is 12.0 Å². The van der Waals surface area contributed by atoms with Crippen molar-refractivity contribution in [2.24, 2.45) is 5.73 Å². The molecule has 1 aromatic heterocycles. The Morgan fingerprint density at radius 1 is 1.47 bits per heavy atom. The molecule has 0 saturated heterocycles. The maximum atomic E-state index is 10.6. The number of aromatic nitrogens is 1. The molecular weight excluding hydrogens is 192 g/mol. The average Bonchev–Trinajstić information content (AvgIpc) is 2.64. The number of benzene rings is 1. The van der Waals surface area contributed by atoms with E-state index in [-0.39, 0.29) is 0 Å². The van der Waals surface area contributed by atoms with Crippen LogP contribution in [0.2, 0.25) is 0 Å². The molecule has 0 spiro atoms. The normalized spacial score (nSPS) is 12.9. The van der Waals surface area contributed by atoms with E-state index in [0.29, 0.717) is 6.42 Å². The maximum absolute atomic E-state index is 10.6. The third-order valence-corrected chi connectivity index (χ3v) is 2.39. The van der Waals surface area contributed by atoms with Gasteiger partial charge in [0.2, 0.25) is 0 Å². The Morgan fingerprint density at radius 3 is 3.00 bits per heavy atom. The number of carbonyl (C=O) groups is 1. The minimum absolute atomic E-state index is 0.351. The Hall–Kier alpha value is -1.81. The fourth-order valence-electron chi connectivity index (χ4n) is 1.56. The van der Waals surface area contributed by atoms with Crippen molar-refractivity contribution in [2.75, 3.05) is 0 Å². The van der Waals surface area contributed by atoms with Crippen molar-refractivity contribution in [1.29, 1.82) is 0 Å². The third kappa shape index (κ3) is 1.99. The number of carboxylic acid groups (broad SMARTS) is 1. The van der Waals surface area contributed by atoms with Crippen LogP contribution in [0.4, 0.5) is 0 Å². The van der Waals surface area contributed by atoms with Crippen molar-refractivity contribution >= 4 is 16.9 Å². The quantitative estimate of drug-likeness (QED) is 0.701. The van der Waals surface area contributed by atoms with E-state index in [2.05, 4.69) is 4.98 Å². The summed E-state index contributed by atoms with van der Waals surface area (Å²) >= 11 is 0. The Balaban J connectivity index is 2.24. The Kier molecular flexibility index (Phi) is 2.43. The molecule has 4 heteroatoms. The van der Waals surface area contributed by atoms with Gasteiger partial charge in [-0.25, -0.2) is 0 Å². The predicted octanol–water partition coefficient (Wildman–Crippen LogP) is 1.12. The first-order valence-corrected chi connectivity index (χ1v) is 4.71. The topological polar surface area (TPSA) is 79.1 Å². The standard InChI is InChI=1S/C11H12N2O2/c12-9(11(14)15)5-7-1-2-8-3-4-13-10(8)6-7/h1-4,6,9,13H,5,12H2,(H,14,15)/t9-/m0/s1. The van der Waals surface area contributed by atoms with Crippen molar-refractivity contribution in [2.45, 2.75) is 12.5 Å². The molecule has 78 valence electrons. The minimum atomic E-state index is -0.971. The fourth-order valence-corrected chi connectivity index (χ4v) is 1.56. The lowest BCUT2D eigenvalue weighted by atomic mass is 10.1. The lowest BCUT2D eigenvalue weighted by Crippen LogP contribution is -2.32. The van der Waals surface area contributed by atoms with E-state index in [9.17, 15) is 4.79 Å². The first kappa shape index (κ1) is 9.73. The van der Waals surface area contributed by atoms with Crippen LogP contribution in [0.5, 0.6) is 0 Å². The van der Waals surface area contributed by atoms with Gasteiger partial charge in [0.15, 0.2) is 0 Å². The SMILES string of the molecule is N[C@@H](Cc1ccc2cc[nH]c2c1)C(=O)O. The Labute approximate surface area is 86.7 Å². The summed E-state index contributed by atoms with van der Waals surface area (Å²) in [6.07, 6.45) is 2.20. The molecule has 4 nitrogen and oxygen atoms in total. The molecule has 15 heavy (non-hydrogen) atoms. The van der Waals surface area contributed by atoms with Crippen LogP contribution in [0.1, 0.15) is 5.56 Å². The number of H-pyrrole nitrogens is 1. The number of hydrogen-bond donors (Lipinski definition) is 3. The Morgan fingerprint density at radius 2 is 2.27 bits per heavy atom. The second kappa shape index (κ2) is 3.74. The summed E-state index contributed by atoms with van der Waals surface area (Å²) in [4.78, 5) is 13.7. The summed E-state index contributed by atoms with van der Waals surface area (Å²) in [5.41, 5.74) is 7.39. The number of aromatic amines is 1. The van der Waals surface area contributed by atoms with Gasteiger partial charge in [0, 0.05) is 11.7 Å². The molecule has 1 atom stereocenters. The first-order valence-electron chi connectivity index (χ1n) is 4.71. The lowest BCUT2D eigenvalue weighted by Gasteiger charge is -2.06. The highest BCUT2D eigenvalue weighted by molar-refractivity contribution is 5.80. The number of nitrogens with two attached hydrogens (primary N) is 1. The van der Waals surface area contributed by atoms with Crippen LogP contribution in [0.15, 0.2) is 30.5 Å². The van der Waals surface area contributed by atoms with Crippen molar-refractivity contribution in [3.05, 3.63) is 36.0 Å². The average molecular weight is 204 g/mol. The predicted molar refractivity (Wildman–Crippen MR) is 57.6 cm³/mol. The molecule has 0 saturated carbocycles. The maximum Gasteiger partial charge on any atom is 0.320 e. The highest BCUT2D eigenvalue weighted by atomic mass is 16.4. The molecule has 0 aliphatic rings. The van der Waals surface area contributed by atoms with Crippen LogP contribution in [0.3, 0.4) is 0 Å². The zero-order valence-corrected chi connectivity index (χ0v) is 8.10. The van der Waals surface area contributed by atoms with E-state index in [1.807, 2.05) is 30.5 Å². The summed E-state index contributed by atoms with van der Waals surface area (Å²) in [6.45, 7) is 0. The van der Waals surface area contributed by atoms with Crippen molar-refractivity contribution < 1.29 is 9.90 Å².